The fraction of sp³-hybridized carbons (Fsp3) is 0.222. The average Bonchev–Trinajstić information content (AvgIpc) is 2.15. The molecule has 82 valence electrons. The van der Waals surface area contributed by atoms with E-state index in [1.54, 1.807) is 12.3 Å². The lowest BCUT2D eigenvalue weighted by Gasteiger charge is -2.11. The summed E-state index contributed by atoms with van der Waals surface area (Å²) >= 11 is 1.26. The standard InChI is InChI=1S/C9H7F3O2S/c1-15-7-3-2-6(5-13)8(4-7)14-9(10,11)12/h2-5H,1H3. The normalized spacial score (nSPS) is 11.2. The summed E-state index contributed by atoms with van der Waals surface area (Å²) in [5.41, 5.74) is -0.120. The van der Waals surface area contributed by atoms with Crippen LogP contribution in [0.3, 0.4) is 0 Å². The zero-order valence-electron chi connectivity index (χ0n) is 7.67. The summed E-state index contributed by atoms with van der Waals surface area (Å²) in [7, 11) is 0. The van der Waals surface area contributed by atoms with Crippen molar-refractivity contribution < 1.29 is 22.7 Å². The van der Waals surface area contributed by atoms with Crippen molar-refractivity contribution in [3.05, 3.63) is 23.8 Å². The van der Waals surface area contributed by atoms with E-state index in [4.69, 9.17) is 0 Å². The fourth-order valence-electron chi connectivity index (χ4n) is 0.952. The Morgan fingerprint density at radius 3 is 2.53 bits per heavy atom. The molecule has 0 saturated heterocycles. The van der Waals surface area contributed by atoms with Crippen molar-refractivity contribution in [1.29, 1.82) is 0 Å². The van der Waals surface area contributed by atoms with Crippen molar-refractivity contribution in [1.82, 2.24) is 0 Å². The molecule has 0 aromatic heterocycles. The summed E-state index contributed by atoms with van der Waals surface area (Å²) < 4.78 is 39.6. The van der Waals surface area contributed by atoms with E-state index in [0.717, 1.165) is 0 Å². The average molecular weight is 236 g/mol. The van der Waals surface area contributed by atoms with Crippen molar-refractivity contribution >= 4 is 18.0 Å². The topological polar surface area (TPSA) is 26.3 Å². The Labute approximate surface area is 88.4 Å². The molecule has 0 saturated carbocycles. The number of carbonyl (C=O) groups is 1. The predicted octanol–water partition coefficient (Wildman–Crippen LogP) is 3.12. The van der Waals surface area contributed by atoms with E-state index in [0.29, 0.717) is 11.2 Å². The Balaban J connectivity index is 3.06. The summed E-state index contributed by atoms with van der Waals surface area (Å²) in [6.45, 7) is 0. The van der Waals surface area contributed by atoms with Crippen LogP contribution in [0.5, 0.6) is 5.75 Å². The van der Waals surface area contributed by atoms with Gasteiger partial charge in [0.2, 0.25) is 0 Å². The molecule has 0 spiro atoms. The van der Waals surface area contributed by atoms with Crippen molar-refractivity contribution in [2.75, 3.05) is 6.26 Å². The van der Waals surface area contributed by atoms with Crippen LogP contribution in [0.4, 0.5) is 13.2 Å². The summed E-state index contributed by atoms with van der Waals surface area (Å²) in [6.07, 6.45) is -2.74. The first-order valence-electron chi connectivity index (χ1n) is 3.85. The first kappa shape index (κ1) is 11.9. The SMILES string of the molecule is CSc1ccc(C=O)c(OC(F)(F)F)c1. The third-order valence-corrected chi connectivity index (χ3v) is 2.30. The van der Waals surface area contributed by atoms with Crippen LogP contribution in [0.1, 0.15) is 10.4 Å². The number of carbonyl (C=O) groups excluding carboxylic acids is 1. The van der Waals surface area contributed by atoms with E-state index in [1.165, 1.54) is 23.9 Å². The highest BCUT2D eigenvalue weighted by Gasteiger charge is 2.32. The van der Waals surface area contributed by atoms with Crippen LogP contribution in [0.25, 0.3) is 0 Å². The van der Waals surface area contributed by atoms with Gasteiger partial charge in [0, 0.05) is 4.90 Å². The molecule has 0 aliphatic carbocycles. The predicted molar refractivity (Wildman–Crippen MR) is 50.3 cm³/mol. The van der Waals surface area contributed by atoms with Crippen LogP contribution in [0, 0.1) is 0 Å². The number of thioether (sulfide) groups is 1. The van der Waals surface area contributed by atoms with Gasteiger partial charge < -0.3 is 4.74 Å². The second kappa shape index (κ2) is 4.57. The molecule has 1 rings (SSSR count). The van der Waals surface area contributed by atoms with Gasteiger partial charge in [0.1, 0.15) is 5.75 Å². The lowest BCUT2D eigenvalue weighted by Crippen LogP contribution is -2.18. The molecule has 0 aliphatic rings. The molecule has 0 radical (unpaired) electrons. The van der Waals surface area contributed by atoms with Gasteiger partial charge in [-0.05, 0) is 24.5 Å². The molecule has 0 atom stereocenters. The number of rotatable bonds is 3. The number of hydrogen-bond acceptors (Lipinski definition) is 3. The van der Waals surface area contributed by atoms with Crippen molar-refractivity contribution in [3.63, 3.8) is 0 Å². The lowest BCUT2D eigenvalue weighted by molar-refractivity contribution is -0.274. The highest BCUT2D eigenvalue weighted by molar-refractivity contribution is 7.98. The molecule has 1 aromatic carbocycles. The Kier molecular flexibility index (Phi) is 3.62. The van der Waals surface area contributed by atoms with E-state index < -0.39 is 12.1 Å². The maximum absolute atomic E-state index is 11.9. The highest BCUT2D eigenvalue weighted by atomic mass is 32.2. The third kappa shape index (κ3) is 3.47. The molecule has 0 N–H and O–H groups in total. The molecule has 6 heteroatoms. The number of alkyl halides is 3. The molecular formula is C9H7F3O2S. The number of ether oxygens (including phenoxy) is 1. The Morgan fingerprint density at radius 1 is 1.40 bits per heavy atom. The van der Waals surface area contributed by atoms with Crippen LogP contribution < -0.4 is 4.74 Å². The molecule has 2 nitrogen and oxygen atoms in total. The van der Waals surface area contributed by atoms with Gasteiger partial charge in [0.25, 0.3) is 0 Å². The summed E-state index contributed by atoms with van der Waals surface area (Å²) in [5, 5.41) is 0. The first-order chi connectivity index (χ1) is 6.96. The maximum Gasteiger partial charge on any atom is 0.573 e. The monoisotopic (exact) mass is 236 g/mol. The van der Waals surface area contributed by atoms with Gasteiger partial charge in [-0.25, -0.2) is 0 Å². The molecule has 0 fully saturated rings. The molecule has 1 aromatic rings. The Morgan fingerprint density at radius 2 is 2.07 bits per heavy atom. The molecule has 0 heterocycles. The molecular weight excluding hydrogens is 229 g/mol. The number of aldehydes is 1. The summed E-state index contributed by atoms with van der Waals surface area (Å²) in [4.78, 5) is 11.1. The number of benzene rings is 1. The number of hydrogen-bond donors (Lipinski definition) is 0. The second-order valence-electron chi connectivity index (χ2n) is 2.57. The lowest BCUT2D eigenvalue weighted by atomic mass is 10.2. The first-order valence-corrected chi connectivity index (χ1v) is 5.07. The molecule has 0 aliphatic heterocycles. The van der Waals surface area contributed by atoms with Gasteiger partial charge in [0.05, 0.1) is 5.56 Å². The molecule has 0 amide bonds. The largest absolute Gasteiger partial charge is 0.573 e. The van der Waals surface area contributed by atoms with Crippen LogP contribution in [0.15, 0.2) is 23.1 Å². The summed E-state index contributed by atoms with van der Waals surface area (Å²) in [6, 6.07) is 4.03. The van der Waals surface area contributed by atoms with Gasteiger partial charge in [-0.15, -0.1) is 24.9 Å². The zero-order valence-corrected chi connectivity index (χ0v) is 8.48. The van der Waals surface area contributed by atoms with Crippen molar-refractivity contribution in [2.24, 2.45) is 0 Å². The smallest absolute Gasteiger partial charge is 0.405 e. The third-order valence-electron chi connectivity index (χ3n) is 1.57. The molecule has 0 bridgehead atoms. The Hall–Kier alpha value is -1.17. The molecule has 15 heavy (non-hydrogen) atoms. The second-order valence-corrected chi connectivity index (χ2v) is 3.45. The van der Waals surface area contributed by atoms with E-state index in [1.807, 2.05) is 0 Å². The molecule has 0 unspecified atom stereocenters. The van der Waals surface area contributed by atoms with Crippen LogP contribution in [-0.4, -0.2) is 18.9 Å². The van der Waals surface area contributed by atoms with E-state index in [9.17, 15) is 18.0 Å². The van der Waals surface area contributed by atoms with Gasteiger partial charge in [-0.2, -0.15) is 0 Å². The van der Waals surface area contributed by atoms with Gasteiger partial charge in [-0.3, -0.25) is 4.79 Å². The minimum Gasteiger partial charge on any atom is -0.405 e. The summed E-state index contributed by atoms with van der Waals surface area (Å²) in [5.74, 6) is -0.468. The maximum atomic E-state index is 11.9. The quantitative estimate of drug-likeness (QED) is 0.595. The minimum absolute atomic E-state index is 0.120. The minimum atomic E-state index is -4.78. The Bertz CT molecular complexity index is 363. The fourth-order valence-corrected chi connectivity index (χ4v) is 1.38. The zero-order chi connectivity index (χ0) is 11.5. The van der Waals surface area contributed by atoms with Crippen LogP contribution in [-0.2, 0) is 0 Å². The van der Waals surface area contributed by atoms with Crippen LogP contribution in [0.2, 0.25) is 0 Å². The van der Waals surface area contributed by atoms with E-state index in [2.05, 4.69) is 4.74 Å². The van der Waals surface area contributed by atoms with E-state index in [-0.39, 0.29) is 5.56 Å². The van der Waals surface area contributed by atoms with Gasteiger partial charge in [0.15, 0.2) is 6.29 Å². The van der Waals surface area contributed by atoms with Crippen LogP contribution >= 0.6 is 11.8 Å². The van der Waals surface area contributed by atoms with Crippen molar-refractivity contribution in [2.45, 2.75) is 11.3 Å². The van der Waals surface area contributed by atoms with Gasteiger partial charge >= 0.3 is 6.36 Å². The van der Waals surface area contributed by atoms with E-state index >= 15 is 0 Å². The van der Waals surface area contributed by atoms with Gasteiger partial charge in [-0.1, -0.05) is 0 Å². The highest BCUT2D eigenvalue weighted by Crippen LogP contribution is 2.29. The van der Waals surface area contributed by atoms with Crippen molar-refractivity contribution in [3.8, 4) is 5.75 Å². The number of halogens is 3.